The van der Waals surface area contributed by atoms with Gasteiger partial charge in [-0.2, -0.15) is 0 Å². The molecule has 0 bridgehead atoms. The minimum absolute atomic E-state index is 0.194. The summed E-state index contributed by atoms with van der Waals surface area (Å²) in [5.41, 5.74) is 0.390. The summed E-state index contributed by atoms with van der Waals surface area (Å²) in [6, 6.07) is 0.194. The lowest BCUT2D eigenvalue weighted by Gasteiger charge is -2.42. The Balaban J connectivity index is 1.79. The Morgan fingerprint density at radius 3 is 2.50 bits per heavy atom. The molecular formula is C11H22N2O2S. The van der Waals surface area contributed by atoms with Gasteiger partial charge in [0.2, 0.25) is 0 Å². The van der Waals surface area contributed by atoms with Crippen LogP contribution in [-0.2, 0) is 9.84 Å². The van der Waals surface area contributed by atoms with Crippen LogP contribution in [0.2, 0.25) is 0 Å². The molecule has 2 aliphatic rings. The SMILES string of the molecule is CNCC1(CNC2CCS(=O)(=O)C2)CCC1. The van der Waals surface area contributed by atoms with Crippen molar-refractivity contribution in [2.75, 3.05) is 31.6 Å². The number of hydrogen-bond acceptors (Lipinski definition) is 4. The second kappa shape index (κ2) is 4.63. The molecule has 4 nitrogen and oxygen atoms in total. The molecular weight excluding hydrogens is 224 g/mol. The largest absolute Gasteiger partial charge is 0.319 e. The van der Waals surface area contributed by atoms with Gasteiger partial charge in [0.05, 0.1) is 11.5 Å². The van der Waals surface area contributed by atoms with Gasteiger partial charge in [-0.1, -0.05) is 6.42 Å². The van der Waals surface area contributed by atoms with E-state index in [1.165, 1.54) is 19.3 Å². The molecule has 0 aromatic heterocycles. The van der Waals surface area contributed by atoms with Crippen LogP contribution in [0.3, 0.4) is 0 Å². The first-order chi connectivity index (χ1) is 7.55. The molecule has 1 heterocycles. The summed E-state index contributed by atoms with van der Waals surface area (Å²) in [5, 5.41) is 6.69. The third-order valence-corrected chi connectivity index (χ3v) is 5.73. The molecule has 2 rings (SSSR count). The molecule has 1 unspecified atom stereocenters. The quantitative estimate of drug-likeness (QED) is 0.725. The predicted octanol–water partition coefficient (Wildman–Crippen LogP) is 0.153. The lowest BCUT2D eigenvalue weighted by atomic mass is 9.68. The van der Waals surface area contributed by atoms with Gasteiger partial charge in [-0.3, -0.25) is 0 Å². The topological polar surface area (TPSA) is 58.2 Å². The number of nitrogens with one attached hydrogen (secondary N) is 2. The van der Waals surface area contributed by atoms with Crippen LogP contribution < -0.4 is 10.6 Å². The van der Waals surface area contributed by atoms with Crippen molar-refractivity contribution in [1.29, 1.82) is 0 Å². The van der Waals surface area contributed by atoms with Crippen LogP contribution in [0.15, 0.2) is 0 Å². The Hall–Kier alpha value is -0.130. The molecule has 1 atom stereocenters. The maximum atomic E-state index is 11.3. The van der Waals surface area contributed by atoms with E-state index in [1.807, 2.05) is 7.05 Å². The van der Waals surface area contributed by atoms with Crippen LogP contribution in [0.25, 0.3) is 0 Å². The van der Waals surface area contributed by atoms with E-state index in [9.17, 15) is 8.42 Å². The lowest BCUT2D eigenvalue weighted by molar-refractivity contribution is 0.126. The normalized spacial score (nSPS) is 31.2. The van der Waals surface area contributed by atoms with Gasteiger partial charge in [-0.05, 0) is 31.7 Å². The second-order valence-electron chi connectivity index (χ2n) is 5.36. The van der Waals surface area contributed by atoms with E-state index in [0.717, 1.165) is 19.5 Å². The van der Waals surface area contributed by atoms with Gasteiger partial charge >= 0.3 is 0 Å². The molecule has 1 saturated heterocycles. The molecule has 0 amide bonds. The fraction of sp³-hybridized carbons (Fsp3) is 1.00. The Morgan fingerprint density at radius 1 is 1.31 bits per heavy atom. The molecule has 0 aromatic rings. The summed E-state index contributed by atoms with van der Waals surface area (Å²) in [6.45, 7) is 2.01. The third-order valence-electron chi connectivity index (χ3n) is 3.96. The fourth-order valence-electron chi connectivity index (χ4n) is 2.78. The highest BCUT2D eigenvalue weighted by Gasteiger charge is 2.37. The van der Waals surface area contributed by atoms with E-state index >= 15 is 0 Å². The molecule has 1 aliphatic heterocycles. The van der Waals surface area contributed by atoms with E-state index in [4.69, 9.17) is 0 Å². The summed E-state index contributed by atoms with van der Waals surface area (Å²) in [4.78, 5) is 0. The first kappa shape index (κ1) is 12.3. The standard InChI is InChI=1S/C11H22N2O2S/c1-12-8-11(4-2-5-11)9-13-10-3-6-16(14,15)7-10/h10,12-13H,2-9H2,1H3. The molecule has 2 fully saturated rings. The molecule has 2 N–H and O–H groups in total. The van der Waals surface area contributed by atoms with Crippen LogP contribution in [0, 0.1) is 5.41 Å². The van der Waals surface area contributed by atoms with Gasteiger partial charge < -0.3 is 10.6 Å². The van der Waals surface area contributed by atoms with Crippen LogP contribution in [-0.4, -0.2) is 46.1 Å². The zero-order valence-corrected chi connectivity index (χ0v) is 10.8. The number of hydrogen-bond donors (Lipinski definition) is 2. The van der Waals surface area contributed by atoms with E-state index in [-0.39, 0.29) is 6.04 Å². The molecule has 1 saturated carbocycles. The van der Waals surface area contributed by atoms with Crippen molar-refractivity contribution < 1.29 is 8.42 Å². The molecule has 0 aromatic carbocycles. The van der Waals surface area contributed by atoms with Gasteiger partial charge in [0.1, 0.15) is 0 Å². The van der Waals surface area contributed by atoms with E-state index < -0.39 is 9.84 Å². The summed E-state index contributed by atoms with van der Waals surface area (Å²) < 4.78 is 22.6. The first-order valence-corrected chi connectivity index (χ1v) is 7.96. The highest BCUT2D eigenvalue weighted by Crippen LogP contribution is 2.39. The van der Waals surface area contributed by atoms with Crippen molar-refractivity contribution in [3.05, 3.63) is 0 Å². The minimum atomic E-state index is -2.74. The molecule has 1 aliphatic carbocycles. The summed E-state index contributed by atoms with van der Waals surface area (Å²) >= 11 is 0. The Bertz CT molecular complexity index is 336. The van der Waals surface area contributed by atoms with Crippen molar-refractivity contribution in [3.63, 3.8) is 0 Å². The minimum Gasteiger partial charge on any atom is -0.319 e. The van der Waals surface area contributed by atoms with Crippen LogP contribution >= 0.6 is 0 Å². The third kappa shape index (κ3) is 2.76. The van der Waals surface area contributed by atoms with Gasteiger partial charge in [-0.25, -0.2) is 8.42 Å². The number of rotatable bonds is 5. The summed E-state index contributed by atoms with van der Waals surface area (Å²) in [7, 11) is -0.756. The van der Waals surface area contributed by atoms with Gasteiger partial charge in [0.15, 0.2) is 9.84 Å². The van der Waals surface area contributed by atoms with Crippen molar-refractivity contribution in [1.82, 2.24) is 10.6 Å². The van der Waals surface area contributed by atoms with Crippen LogP contribution in [0.1, 0.15) is 25.7 Å². The van der Waals surface area contributed by atoms with Crippen molar-refractivity contribution in [2.24, 2.45) is 5.41 Å². The smallest absolute Gasteiger partial charge is 0.151 e. The lowest BCUT2D eigenvalue weighted by Crippen LogP contribution is -2.48. The van der Waals surface area contributed by atoms with Crippen molar-refractivity contribution in [2.45, 2.75) is 31.7 Å². The monoisotopic (exact) mass is 246 g/mol. The summed E-state index contributed by atoms with van der Waals surface area (Å²) in [6.07, 6.45) is 4.63. The second-order valence-corrected chi connectivity index (χ2v) is 7.59. The Labute approximate surface area is 98.1 Å². The average Bonchev–Trinajstić information content (AvgIpc) is 2.50. The maximum Gasteiger partial charge on any atom is 0.151 e. The highest BCUT2D eigenvalue weighted by atomic mass is 32.2. The molecule has 0 radical (unpaired) electrons. The maximum absolute atomic E-state index is 11.3. The van der Waals surface area contributed by atoms with Gasteiger partial charge in [-0.15, -0.1) is 0 Å². The Kier molecular flexibility index (Phi) is 3.56. The first-order valence-electron chi connectivity index (χ1n) is 6.14. The average molecular weight is 246 g/mol. The van der Waals surface area contributed by atoms with Crippen LogP contribution in [0.5, 0.6) is 0 Å². The Morgan fingerprint density at radius 2 is 2.06 bits per heavy atom. The molecule has 94 valence electrons. The highest BCUT2D eigenvalue weighted by molar-refractivity contribution is 7.91. The van der Waals surface area contributed by atoms with Crippen LogP contribution in [0.4, 0.5) is 0 Å². The zero-order valence-electron chi connectivity index (χ0n) is 9.96. The van der Waals surface area contributed by atoms with Crippen molar-refractivity contribution in [3.8, 4) is 0 Å². The van der Waals surface area contributed by atoms with Gasteiger partial charge in [0.25, 0.3) is 0 Å². The number of sulfone groups is 1. The summed E-state index contributed by atoms with van der Waals surface area (Å²) in [5.74, 6) is 0.701. The molecule has 16 heavy (non-hydrogen) atoms. The molecule has 0 spiro atoms. The van der Waals surface area contributed by atoms with Gasteiger partial charge in [0, 0.05) is 19.1 Å². The van der Waals surface area contributed by atoms with E-state index in [1.54, 1.807) is 0 Å². The van der Waals surface area contributed by atoms with Crippen molar-refractivity contribution >= 4 is 9.84 Å². The predicted molar refractivity (Wildman–Crippen MR) is 65.3 cm³/mol. The zero-order chi connectivity index (χ0) is 11.6. The van der Waals surface area contributed by atoms with E-state index in [0.29, 0.717) is 16.9 Å². The fourth-order valence-corrected chi connectivity index (χ4v) is 4.49. The molecule has 5 heteroatoms. The van der Waals surface area contributed by atoms with E-state index in [2.05, 4.69) is 10.6 Å².